The Morgan fingerprint density at radius 2 is 0.418 bits per heavy atom. The summed E-state index contributed by atoms with van der Waals surface area (Å²) in [7, 11) is 0. The Kier molecular flexibility index (Phi) is 49.0. The third kappa shape index (κ3) is 48.5. The van der Waals surface area contributed by atoms with Crippen LogP contribution in [-0.4, -0.2) is 24.5 Å². The van der Waals surface area contributed by atoms with Gasteiger partial charge in [0.2, 0.25) is 0 Å². The summed E-state index contributed by atoms with van der Waals surface area (Å²) in [6.45, 7) is 10.8. The van der Waals surface area contributed by atoms with E-state index in [9.17, 15) is 0 Å². The van der Waals surface area contributed by atoms with Crippen molar-refractivity contribution in [1.82, 2.24) is 4.90 Å². The maximum Gasteiger partial charge on any atom is -0.00187 e. The van der Waals surface area contributed by atoms with Crippen molar-refractivity contribution in [2.45, 2.75) is 252 Å². The Morgan fingerprint density at radius 3 is 0.655 bits per heavy atom. The summed E-state index contributed by atoms with van der Waals surface area (Å²) >= 11 is 0. The van der Waals surface area contributed by atoms with Gasteiger partial charge < -0.3 is 4.90 Å². The predicted molar refractivity (Wildman–Crippen MR) is 255 cm³/mol. The van der Waals surface area contributed by atoms with E-state index in [0.29, 0.717) is 0 Å². The lowest BCUT2D eigenvalue weighted by Gasteiger charge is -2.22. The molecule has 0 bridgehead atoms. The van der Waals surface area contributed by atoms with Crippen molar-refractivity contribution in [1.29, 1.82) is 0 Å². The first-order valence-electron chi connectivity index (χ1n) is 25.0. The molecule has 0 atom stereocenters. The summed E-state index contributed by atoms with van der Waals surface area (Å²) in [5.74, 6) is 0. The Morgan fingerprint density at radius 1 is 0.218 bits per heavy atom. The topological polar surface area (TPSA) is 3.24 Å². The summed E-state index contributed by atoms with van der Waals surface area (Å²) in [5, 5.41) is 0. The van der Waals surface area contributed by atoms with Crippen LogP contribution in [0.5, 0.6) is 0 Å². The number of unbranched alkanes of at least 4 members (excludes halogenated alkanes) is 27. The first-order chi connectivity index (χ1) is 27.3. The minimum absolute atomic E-state index is 1.12. The van der Waals surface area contributed by atoms with Crippen molar-refractivity contribution in [3.8, 4) is 0 Å². The molecule has 0 aliphatic rings. The first kappa shape index (κ1) is 53.4. The molecule has 0 N–H and O–H groups in total. The summed E-state index contributed by atoms with van der Waals surface area (Å²) in [6.07, 6.45) is 76.8. The van der Waals surface area contributed by atoms with E-state index in [-0.39, 0.29) is 0 Å². The Bertz CT molecular complexity index is 758. The molecule has 0 saturated heterocycles. The predicted octanol–water partition coefficient (Wildman–Crippen LogP) is 18.7. The molecule has 0 aromatic rings. The zero-order chi connectivity index (χ0) is 39.6. The van der Waals surface area contributed by atoms with Crippen LogP contribution >= 0.6 is 0 Å². The lowest BCUT2D eigenvalue weighted by molar-refractivity contribution is 0.254. The van der Waals surface area contributed by atoms with Gasteiger partial charge in [0.1, 0.15) is 0 Å². The fourth-order valence-corrected chi connectivity index (χ4v) is 7.31. The van der Waals surface area contributed by atoms with Crippen LogP contribution in [0, 0.1) is 0 Å². The SMILES string of the molecule is CCCCC/C=C\C/C=C\CCCCCCCCN(CCCCCCCC/C=C\C/C=C\CCCCC)CCCCCCCC/C=C\C/C=C\CCCCC. The minimum atomic E-state index is 1.12. The van der Waals surface area contributed by atoms with Gasteiger partial charge in [0.05, 0.1) is 0 Å². The van der Waals surface area contributed by atoms with Crippen molar-refractivity contribution in [2.75, 3.05) is 19.6 Å². The van der Waals surface area contributed by atoms with Crippen molar-refractivity contribution in [2.24, 2.45) is 0 Å². The van der Waals surface area contributed by atoms with E-state index >= 15 is 0 Å². The second kappa shape index (κ2) is 50.4. The number of hydrogen-bond donors (Lipinski definition) is 0. The molecule has 0 aliphatic heterocycles. The van der Waals surface area contributed by atoms with Gasteiger partial charge in [0.15, 0.2) is 0 Å². The summed E-state index contributed by atoms with van der Waals surface area (Å²) < 4.78 is 0. The van der Waals surface area contributed by atoms with Crippen molar-refractivity contribution < 1.29 is 0 Å². The highest BCUT2D eigenvalue weighted by atomic mass is 15.1. The fourth-order valence-electron chi connectivity index (χ4n) is 7.31. The lowest BCUT2D eigenvalue weighted by Crippen LogP contribution is -2.27. The second-order valence-corrected chi connectivity index (χ2v) is 16.6. The van der Waals surface area contributed by atoms with E-state index < -0.39 is 0 Å². The van der Waals surface area contributed by atoms with Crippen LogP contribution in [0.2, 0.25) is 0 Å². The molecule has 0 aromatic carbocycles. The summed E-state index contributed by atoms with van der Waals surface area (Å²) in [5.41, 5.74) is 0. The van der Waals surface area contributed by atoms with E-state index in [1.807, 2.05) is 0 Å². The van der Waals surface area contributed by atoms with Crippen LogP contribution in [0.4, 0.5) is 0 Å². The van der Waals surface area contributed by atoms with Crippen LogP contribution < -0.4 is 0 Å². The van der Waals surface area contributed by atoms with Crippen LogP contribution in [0.1, 0.15) is 252 Å². The third-order valence-electron chi connectivity index (χ3n) is 11.0. The molecule has 0 rings (SSSR count). The molecule has 0 saturated carbocycles. The number of allylic oxidation sites excluding steroid dienone is 12. The maximum absolute atomic E-state index is 2.84. The molecule has 0 aromatic heterocycles. The highest BCUT2D eigenvalue weighted by Gasteiger charge is 2.05. The van der Waals surface area contributed by atoms with Crippen molar-refractivity contribution >= 4 is 0 Å². The van der Waals surface area contributed by atoms with Gasteiger partial charge in [-0.1, -0.05) is 209 Å². The number of rotatable bonds is 45. The average molecular weight is 762 g/mol. The quantitative estimate of drug-likeness (QED) is 0.0441. The van der Waals surface area contributed by atoms with Crippen LogP contribution in [0.3, 0.4) is 0 Å². The van der Waals surface area contributed by atoms with E-state index in [1.54, 1.807) is 0 Å². The molecule has 0 aliphatic carbocycles. The van der Waals surface area contributed by atoms with Gasteiger partial charge in [-0.3, -0.25) is 0 Å². The fraction of sp³-hybridized carbons (Fsp3) is 0.778. The van der Waals surface area contributed by atoms with Gasteiger partial charge in [-0.2, -0.15) is 0 Å². The highest BCUT2D eigenvalue weighted by molar-refractivity contribution is 4.94. The largest absolute Gasteiger partial charge is 0.303 e. The molecule has 0 unspecified atom stereocenters. The molecule has 0 fully saturated rings. The smallest absolute Gasteiger partial charge is 0.00187 e. The van der Waals surface area contributed by atoms with Crippen LogP contribution in [0.15, 0.2) is 72.9 Å². The van der Waals surface area contributed by atoms with E-state index in [1.165, 1.54) is 232 Å². The zero-order valence-electron chi connectivity index (χ0n) is 38.0. The number of hydrogen-bond acceptors (Lipinski definition) is 1. The lowest BCUT2D eigenvalue weighted by atomic mass is 10.1. The molecule has 0 heterocycles. The van der Waals surface area contributed by atoms with E-state index in [2.05, 4.69) is 98.6 Å². The van der Waals surface area contributed by atoms with Crippen LogP contribution in [-0.2, 0) is 0 Å². The summed E-state index contributed by atoms with van der Waals surface area (Å²) in [6, 6.07) is 0. The first-order valence-corrected chi connectivity index (χ1v) is 25.0. The standard InChI is InChI=1S/C54H99N/c1-4-7-10-13-16-19-22-25-28-31-34-37-40-43-46-49-52-55(53-50-47-44-41-38-35-32-29-26-23-20-17-14-11-8-5-2)54-51-48-45-42-39-36-33-30-27-24-21-18-15-12-9-6-3/h16-21,25-30H,4-15,22-24,31-54H2,1-3H3/b19-16-,20-17-,21-18-,28-25-,29-26-,30-27-. The van der Waals surface area contributed by atoms with Gasteiger partial charge in [-0.15, -0.1) is 0 Å². The zero-order valence-corrected chi connectivity index (χ0v) is 38.0. The average Bonchev–Trinajstić information content (AvgIpc) is 3.20. The van der Waals surface area contributed by atoms with Crippen LogP contribution in [0.25, 0.3) is 0 Å². The van der Waals surface area contributed by atoms with Gasteiger partial charge in [-0.25, -0.2) is 0 Å². The maximum atomic E-state index is 2.84. The molecule has 320 valence electrons. The Balaban J connectivity index is 4.13. The molecule has 0 spiro atoms. The van der Waals surface area contributed by atoms with Crippen molar-refractivity contribution in [3.05, 3.63) is 72.9 Å². The van der Waals surface area contributed by atoms with E-state index in [0.717, 1.165) is 19.3 Å². The molecule has 1 nitrogen and oxygen atoms in total. The molecule has 0 radical (unpaired) electrons. The van der Waals surface area contributed by atoms with Gasteiger partial charge in [0.25, 0.3) is 0 Å². The van der Waals surface area contributed by atoms with Gasteiger partial charge in [0, 0.05) is 0 Å². The van der Waals surface area contributed by atoms with E-state index in [4.69, 9.17) is 0 Å². The monoisotopic (exact) mass is 762 g/mol. The van der Waals surface area contributed by atoms with Gasteiger partial charge in [-0.05, 0) is 135 Å². The normalized spacial score (nSPS) is 12.7. The van der Waals surface area contributed by atoms with Gasteiger partial charge >= 0.3 is 0 Å². The molecular formula is C54H99N. The Hall–Kier alpha value is -1.60. The molecular weight excluding hydrogens is 663 g/mol. The number of nitrogens with zero attached hydrogens (tertiary/aromatic N) is 1. The second-order valence-electron chi connectivity index (χ2n) is 16.6. The molecule has 0 amide bonds. The summed E-state index contributed by atoms with van der Waals surface area (Å²) in [4.78, 5) is 2.84. The molecule has 1 heteroatoms. The highest BCUT2D eigenvalue weighted by Crippen LogP contribution is 2.14. The third-order valence-corrected chi connectivity index (χ3v) is 11.0. The minimum Gasteiger partial charge on any atom is -0.303 e. The van der Waals surface area contributed by atoms with Crippen molar-refractivity contribution in [3.63, 3.8) is 0 Å². The Labute approximate surface area is 348 Å². The molecule has 55 heavy (non-hydrogen) atoms.